The molecule has 1 rings (SSSR count). The Kier molecular flexibility index (Phi) is 1.50. The molecule has 1 aromatic rings. The van der Waals surface area contributed by atoms with Crippen LogP contribution in [0.4, 0.5) is 5.82 Å². The fourth-order valence-electron chi connectivity index (χ4n) is 0.424. The van der Waals surface area contributed by atoms with Crippen LogP contribution in [0.1, 0.15) is 10.6 Å². The van der Waals surface area contributed by atoms with E-state index >= 15 is 0 Å². The van der Waals surface area contributed by atoms with E-state index in [-0.39, 0.29) is 10.8 Å². The predicted molar refractivity (Wildman–Crippen MR) is 32.9 cm³/mol. The van der Waals surface area contributed by atoms with Crippen molar-refractivity contribution in [1.29, 1.82) is 0 Å². The Bertz CT molecular complexity index is 269. The fourth-order valence-corrected chi connectivity index (χ4v) is 0.574. The van der Waals surface area contributed by atoms with E-state index in [1.165, 1.54) is 0 Å². The highest BCUT2D eigenvalue weighted by molar-refractivity contribution is 6.35. The Morgan fingerprint density at radius 3 is 2.60 bits per heavy atom. The lowest BCUT2D eigenvalue weighted by molar-refractivity contribution is 0.0652. The molecule has 0 bridgehead atoms. The van der Waals surface area contributed by atoms with E-state index < -0.39 is 11.7 Å². The third-order valence-corrected chi connectivity index (χ3v) is 1.22. The SMILES string of the molecule is Nc1noc(C(=O)O)c1Cl. The van der Waals surface area contributed by atoms with Gasteiger partial charge in [0.1, 0.15) is 5.02 Å². The highest BCUT2D eigenvalue weighted by Crippen LogP contribution is 2.21. The predicted octanol–water partition coefficient (Wildman–Crippen LogP) is 0.608. The highest BCUT2D eigenvalue weighted by atomic mass is 35.5. The van der Waals surface area contributed by atoms with Gasteiger partial charge in [-0.25, -0.2) is 4.79 Å². The van der Waals surface area contributed by atoms with Gasteiger partial charge in [0.15, 0.2) is 5.82 Å². The first kappa shape index (κ1) is 6.88. The third-order valence-electron chi connectivity index (χ3n) is 0.854. The van der Waals surface area contributed by atoms with Crippen molar-refractivity contribution >= 4 is 23.4 Å². The Balaban J connectivity index is 3.17. The number of hydrogen-bond acceptors (Lipinski definition) is 4. The van der Waals surface area contributed by atoms with Gasteiger partial charge in [0.25, 0.3) is 5.76 Å². The second-order valence-corrected chi connectivity index (χ2v) is 1.89. The first-order chi connectivity index (χ1) is 4.63. The molecule has 6 heteroatoms. The monoisotopic (exact) mass is 162 g/mol. The molecule has 10 heavy (non-hydrogen) atoms. The van der Waals surface area contributed by atoms with Gasteiger partial charge in [0.2, 0.25) is 0 Å². The Morgan fingerprint density at radius 2 is 2.40 bits per heavy atom. The molecule has 0 spiro atoms. The number of halogens is 1. The third kappa shape index (κ3) is 0.906. The van der Waals surface area contributed by atoms with Crippen molar-refractivity contribution in [2.24, 2.45) is 0 Å². The lowest BCUT2D eigenvalue weighted by atomic mass is 10.4. The van der Waals surface area contributed by atoms with Crippen LogP contribution in [0.25, 0.3) is 0 Å². The Hall–Kier alpha value is -1.23. The van der Waals surface area contributed by atoms with Gasteiger partial charge in [-0.1, -0.05) is 16.8 Å². The van der Waals surface area contributed by atoms with E-state index in [1.54, 1.807) is 0 Å². The van der Waals surface area contributed by atoms with Crippen molar-refractivity contribution < 1.29 is 14.4 Å². The van der Waals surface area contributed by atoms with Gasteiger partial charge in [0, 0.05) is 0 Å². The summed E-state index contributed by atoms with van der Waals surface area (Å²) >= 11 is 5.34. The summed E-state index contributed by atoms with van der Waals surface area (Å²) in [4.78, 5) is 10.2. The number of nitrogen functional groups attached to an aromatic ring is 1. The van der Waals surface area contributed by atoms with E-state index in [9.17, 15) is 4.79 Å². The number of carboxylic acid groups (broad SMARTS) is 1. The maximum absolute atomic E-state index is 10.2. The highest BCUT2D eigenvalue weighted by Gasteiger charge is 2.17. The van der Waals surface area contributed by atoms with Crippen molar-refractivity contribution in [1.82, 2.24) is 5.16 Å². The molecule has 0 radical (unpaired) electrons. The summed E-state index contributed by atoms with van der Waals surface area (Å²) in [6.45, 7) is 0. The van der Waals surface area contributed by atoms with Crippen LogP contribution in [-0.4, -0.2) is 16.2 Å². The first-order valence-corrected chi connectivity index (χ1v) is 2.64. The van der Waals surface area contributed by atoms with Crippen molar-refractivity contribution in [3.8, 4) is 0 Å². The number of anilines is 1. The molecule has 0 aromatic carbocycles. The second kappa shape index (κ2) is 2.18. The van der Waals surface area contributed by atoms with Gasteiger partial charge in [-0.2, -0.15) is 0 Å². The largest absolute Gasteiger partial charge is 0.475 e. The summed E-state index contributed by atoms with van der Waals surface area (Å²) in [6.07, 6.45) is 0. The van der Waals surface area contributed by atoms with Crippen molar-refractivity contribution in [3.05, 3.63) is 10.8 Å². The van der Waals surface area contributed by atoms with Crippen LogP contribution in [-0.2, 0) is 0 Å². The summed E-state index contributed by atoms with van der Waals surface area (Å²) in [5.74, 6) is -1.83. The molecule has 0 atom stereocenters. The number of carboxylic acids is 1. The molecule has 0 amide bonds. The lowest BCUT2D eigenvalue weighted by Gasteiger charge is -1.82. The maximum atomic E-state index is 10.2. The molecule has 0 aliphatic rings. The summed E-state index contributed by atoms with van der Waals surface area (Å²) in [7, 11) is 0. The van der Waals surface area contributed by atoms with E-state index in [1.807, 2.05) is 0 Å². The smallest absolute Gasteiger partial charge is 0.376 e. The summed E-state index contributed by atoms with van der Waals surface area (Å²) in [5, 5.41) is 11.3. The number of aromatic nitrogens is 1. The maximum Gasteiger partial charge on any atom is 0.376 e. The van der Waals surface area contributed by atoms with E-state index in [2.05, 4.69) is 9.68 Å². The second-order valence-electron chi connectivity index (χ2n) is 1.52. The van der Waals surface area contributed by atoms with Crippen molar-refractivity contribution in [2.75, 3.05) is 5.73 Å². The average Bonchev–Trinajstić information content (AvgIpc) is 2.14. The molecule has 0 unspecified atom stereocenters. The minimum atomic E-state index is -1.28. The van der Waals surface area contributed by atoms with Crippen LogP contribution in [0.15, 0.2) is 4.52 Å². The fraction of sp³-hybridized carbons (Fsp3) is 0. The molecule has 0 fully saturated rings. The lowest BCUT2D eigenvalue weighted by Crippen LogP contribution is -1.94. The quantitative estimate of drug-likeness (QED) is 0.632. The van der Waals surface area contributed by atoms with Gasteiger partial charge in [-0.3, -0.25) is 0 Å². The van der Waals surface area contributed by atoms with E-state index in [4.69, 9.17) is 22.4 Å². The van der Waals surface area contributed by atoms with Gasteiger partial charge in [-0.15, -0.1) is 0 Å². The van der Waals surface area contributed by atoms with Crippen molar-refractivity contribution in [2.45, 2.75) is 0 Å². The van der Waals surface area contributed by atoms with Crippen LogP contribution >= 0.6 is 11.6 Å². The topological polar surface area (TPSA) is 89.4 Å². The molecule has 0 aliphatic carbocycles. The number of rotatable bonds is 1. The number of nitrogens with two attached hydrogens (primary N) is 1. The Morgan fingerprint density at radius 1 is 1.80 bits per heavy atom. The number of nitrogens with zero attached hydrogens (tertiary/aromatic N) is 1. The molecule has 1 aromatic heterocycles. The average molecular weight is 163 g/mol. The molecule has 0 saturated carbocycles. The Labute approximate surface area is 60.4 Å². The molecule has 5 nitrogen and oxygen atoms in total. The molecule has 3 N–H and O–H groups in total. The molecule has 0 saturated heterocycles. The zero-order chi connectivity index (χ0) is 7.72. The normalized spacial score (nSPS) is 9.70. The van der Waals surface area contributed by atoms with Crippen LogP contribution in [0.3, 0.4) is 0 Å². The number of aromatic carboxylic acids is 1. The zero-order valence-electron chi connectivity index (χ0n) is 4.67. The zero-order valence-corrected chi connectivity index (χ0v) is 5.42. The van der Waals surface area contributed by atoms with Crippen LogP contribution in [0.2, 0.25) is 5.02 Å². The molecule has 1 heterocycles. The number of carbonyl (C=O) groups is 1. The standard InChI is InChI=1S/C4H3ClN2O3/c5-1-2(4(8)9)10-7-3(1)6/h(H2,6,7)(H,8,9). The molecular weight excluding hydrogens is 160 g/mol. The van der Waals surface area contributed by atoms with Crippen molar-refractivity contribution in [3.63, 3.8) is 0 Å². The first-order valence-electron chi connectivity index (χ1n) is 2.27. The van der Waals surface area contributed by atoms with Crippen LogP contribution in [0.5, 0.6) is 0 Å². The van der Waals surface area contributed by atoms with Crippen LogP contribution in [0, 0.1) is 0 Å². The van der Waals surface area contributed by atoms with Gasteiger partial charge in [-0.05, 0) is 0 Å². The summed E-state index contributed by atoms with van der Waals surface area (Å²) < 4.78 is 4.25. The molecule has 0 aliphatic heterocycles. The minimum Gasteiger partial charge on any atom is -0.475 e. The molecular formula is C4H3ClN2O3. The summed E-state index contributed by atoms with van der Waals surface area (Å²) in [5.41, 5.74) is 5.08. The van der Waals surface area contributed by atoms with Gasteiger partial charge in [0.05, 0.1) is 0 Å². The minimum absolute atomic E-state index is 0.112. The van der Waals surface area contributed by atoms with Gasteiger partial charge < -0.3 is 15.4 Å². The number of hydrogen-bond donors (Lipinski definition) is 2. The van der Waals surface area contributed by atoms with E-state index in [0.29, 0.717) is 0 Å². The summed E-state index contributed by atoms with van der Waals surface area (Å²) in [6, 6.07) is 0. The van der Waals surface area contributed by atoms with E-state index in [0.717, 1.165) is 0 Å². The molecule has 54 valence electrons. The van der Waals surface area contributed by atoms with Crippen LogP contribution < -0.4 is 5.73 Å². The van der Waals surface area contributed by atoms with Gasteiger partial charge >= 0.3 is 5.97 Å².